The van der Waals surface area contributed by atoms with Crippen LogP contribution in [-0.4, -0.2) is 89.0 Å². The van der Waals surface area contributed by atoms with Crippen molar-refractivity contribution >= 4 is 68.3 Å². The summed E-state index contributed by atoms with van der Waals surface area (Å²) >= 11 is 16.0. The number of halogens is 2. The van der Waals surface area contributed by atoms with Gasteiger partial charge in [0.1, 0.15) is 10.9 Å². The zero-order valence-electron chi connectivity index (χ0n) is 21.4. The molecule has 8 nitrogen and oxygen atoms in total. The molecule has 2 heterocycles. The standard InChI is InChI=1S/C27H33Cl2N4O4S2/c1-2-25(31(9-13-36)10-14-37)33-22-16-20(29)4-6-24(22)39-27(33)17-26-32(18-30(7-11-34)8-12-35)21-15-19(28)3-5-23(21)38-26/h2-6,15-17,25,34-37H,1,7-14,18H2/q+1. The van der Waals surface area contributed by atoms with E-state index in [1.807, 2.05) is 46.2 Å². The molecule has 1 aliphatic rings. The van der Waals surface area contributed by atoms with E-state index in [-0.39, 0.29) is 32.6 Å². The number of aliphatic hydroxyl groups is 4. The van der Waals surface area contributed by atoms with Crippen molar-refractivity contribution in [2.24, 2.45) is 0 Å². The van der Waals surface area contributed by atoms with Crippen LogP contribution in [0.1, 0.15) is 5.01 Å². The van der Waals surface area contributed by atoms with Crippen molar-refractivity contribution in [3.63, 3.8) is 0 Å². The van der Waals surface area contributed by atoms with Gasteiger partial charge in [-0.3, -0.25) is 4.90 Å². The molecule has 39 heavy (non-hydrogen) atoms. The van der Waals surface area contributed by atoms with Gasteiger partial charge in [0.25, 0.3) is 5.01 Å². The third-order valence-corrected chi connectivity index (χ3v) is 9.04. The van der Waals surface area contributed by atoms with Crippen molar-refractivity contribution in [1.29, 1.82) is 0 Å². The first-order valence-electron chi connectivity index (χ1n) is 12.6. The largest absolute Gasteiger partial charge is 0.395 e. The predicted octanol–water partition coefficient (Wildman–Crippen LogP) is 3.45. The van der Waals surface area contributed by atoms with Gasteiger partial charge in [0.2, 0.25) is 12.2 Å². The molecular weight excluding hydrogens is 579 g/mol. The van der Waals surface area contributed by atoms with E-state index in [1.165, 1.54) is 0 Å². The molecule has 0 amide bonds. The summed E-state index contributed by atoms with van der Waals surface area (Å²) in [6.07, 6.45) is 3.57. The summed E-state index contributed by atoms with van der Waals surface area (Å²) in [5, 5.41) is 41.8. The van der Waals surface area contributed by atoms with Gasteiger partial charge in [-0.25, -0.2) is 4.90 Å². The minimum atomic E-state index is -0.347. The van der Waals surface area contributed by atoms with Crippen LogP contribution in [0.5, 0.6) is 0 Å². The molecule has 0 spiro atoms. The molecule has 3 aromatic rings. The van der Waals surface area contributed by atoms with Gasteiger partial charge in [0.15, 0.2) is 0 Å². The Kier molecular flexibility index (Phi) is 11.1. The highest BCUT2D eigenvalue weighted by molar-refractivity contribution is 8.03. The van der Waals surface area contributed by atoms with Crippen LogP contribution >= 0.6 is 46.3 Å². The van der Waals surface area contributed by atoms with E-state index < -0.39 is 0 Å². The number of hydrogen-bond donors (Lipinski definition) is 4. The highest BCUT2D eigenvalue weighted by atomic mass is 35.5. The molecule has 0 fully saturated rings. The molecule has 210 valence electrons. The fraction of sp³-hybridized carbons (Fsp3) is 0.370. The Hall–Kier alpha value is -1.70. The van der Waals surface area contributed by atoms with Crippen LogP contribution < -0.4 is 9.47 Å². The zero-order valence-corrected chi connectivity index (χ0v) is 24.6. The van der Waals surface area contributed by atoms with Crippen molar-refractivity contribution in [3.05, 3.63) is 69.1 Å². The Labute approximate surface area is 246 Å². The molecule has 1 aromatic heterocycles. The molecule has 0 aliphatic carbocycles. The van der Waals surface area contributed by atoms with Crippen LogP contribution in [0, 0.1) is 0 Å². The molecule has 1 atom stereocenters. The smallest absolute Gasteiger partial charge is 0.266 e. The highest BCUT2D eigenvalue weighted by Gasteiger charge is 2.34. The Bertz CT molecular complexity index is 1310. The van der Waals surface area contributed by atoms with Gasteiger partial charge < -0.3 is 25.3 Å². The summed E-state index contributed by atoms with van der Waals surface area (Å²) in [5.74, 6) is 0. The number of aliphatic hydroxyl groups excluding tert-OH is 4. The zero-order chi connectivity index (χ0) is 27.9. The summed E-state index contributed by atoms with van der Waals surface area (Å²) in [5.41, 5.74) is 1.88. The lowest BCUT2D eigenvalue weighted by Gasteiger charge is -2.37. The Morgan fingerprint density at radius 2 is 1.56 bits per heavy atom. The van der Waals surface area contributed by atoms with Crippen LogP contribution in [0.2, 0.25) is 10.0 Å². The maximum absolute atomic E-state index is 9.73. The number of thiazole rings is 1. The van der Waals surface area contributed by atoms with Crippen molar-refractivity contribution < 1.29 is 25.0 Å². The molecule has 0 radical (unpaired) electrons. The molecule has 0 bridgehead atoms. The van der Waals surface area contributed by atoms with Crippen molar-refractivity contribution in [3.8, 4) is 0 Å². The molecule has 0 saturated carbocycles. The average Bonchev–Trinajstić information content (AvgIpc) is 3.42. The molecule has 12 heteroatoms. The van der Waals surface area contributed by atoms with Crippen molar-refractivity contribution in [2.75, 3.05) is 57.5 Å². The van der Waals surface area contributed by atoms with Crippen LogP contribution in [0.4, 0.5) is 5.69 Å². The normalized spacial score (nSPS) is 15.2. The van der Waals surface area contributed by atoms with Gasteiger partial charge in [-0.15, -0.1) is 0 Å². The molecular formula is C27H33Cl2N4O4S2+. The van der Waals surface area contributed by atoms with Crippen LogP contribution in [-0.2, 0) is 6.67 Å². The van der Waals surface area contributed by atoms with Crippen molar-refractivity contribution in [2.45, 2.75) is 17.7 Å². The van der Waals surface area contributed by atoms with E-state index in [4.69, 9.17) is 23.2 Å². The molecule has 4 N–H and O–H groups in total. The summed E-state index contributed by atoms with van der Waals surface area (Å²) in [4.78, 5) is 7.12. The molecule has 2 aromatic carbocycles. The van der Waals surface area contributed by atoms with Crippen LogP contribution in [0.15, 0.2) is 59.0 Å². The Morgan fingerprint density at radius 1 is 0.923 bits per heavy atom. The van der Waals surface area contributed by atoms with Crippen molar-refractivity contribution in [1.82, 2.24) is 9.80 Å². The molecule has 0 saturated heterocycles. The second-order valence-corrected chi connectivity index (χ2v) is 11.9. The number of anilines is 1. The lowest BCUT2D eigenvalue weighted by molar-refractivity contribution is -0.689. The summed E-state index contributed by atoms with van der Waals surface area (Å²) in [7, 11) is 0. The lowest BCUT2D eigenvalue weighted by atomic mass is 10.2. The van der Waals surface area contributed by atoms with E-state index in [0.717, 1.165) is 30.8 Å². The quantitative estimate of drug-likeness (QED) is 0.163. The Morgan fingerprint density at radius 3 is 2.21 bits per heavy atom. The maximum atomic E-state index is 9.73. The van der Waals surface area contributed by atoms with E-state index in [1.54, 1.807) is 29.2 Å². The third kappa shape index (κ3) is 6.97. The number of fused-ring (bicyclic) bond motifs is 2. The lowest BCUT2D eigenvalue weighted by Crippen LogP contribution is -2.48. The second kappa shape index (κ2) is 14.3. The van der Waals surface area contributed by atoms with Gasteiger partial charge in [-0.2, -0.15) is 4.57 Å². The molecule has 1 unspecified atom stereocenters. The topological polar surface area (TPSA) is 94.5 Å². The Balaban J connectivity index is 1.86. The van der Waals surface area contributed by atoms with Gasteiger partial charge in [0, 0.05) is 47.2 Å². The predicted molar refractivity (Wildman–Crippen MR) is 160 cm³/mol. The minimum absolute atomic E-state index is 0.0218. The molecule has 1 aliphatic heterocycles. The first-order valence-corrected chi connectivity index (χ1v) is 15.0. The summed E-state index contributed by atoms with van der Waals surface area (Å²) < 4.78 is 3.19. The SMILES string of the molecule is C=CC(N(CCO)CCO)N1C(=Cc2sc3ccc(Cl)cc3[n+]2CN(CCO)CCO)Sc2ccc(Cl)cc21. The monoisotopic (exact) mass is 611 g/mol. The number of rotatable bonds is 14. The molecule has 4 rings (SSSR count). The van der Waals surface area contributed by atoms with Gasteiger partial charge in [-0.1, -0.05) is 59.0 Å². The van der Waals surface area contributed by atoms with Crippen LogP contribution in [0.25, 0.3) is 16.3 Å². The number of aromatic nitrogens is 1. The summed E-state index contributed by atoms with van der Waals surface area (Å²) in [6, 6.07) is 11.6. The van der Waals surface area contributed by atoms with Crippen LogP contribution in [0.3, 0.4) is 0 Å². The average molecular weight is 613 g/mol. The minimum Gasteiger partial charge on any atom is -0.395 e. The number of nitrogens with zero attached hydrogens (tertiary/aromatic N) is 4. The number of thioether (sulfide) groups is 1. The van der Waals surface area contributed by atoms with E-state index in [2.05, 4.69) is 22.1 Å². The number of hydrogen-bond acceptors (Lipinski definition) is 9. The highest BCUT2D eigenvalue weighted by Crippen LogP contribution is 2.49. The fourth-order valence-electron chi connectivity index (χ4n) is 4.64. The van der Waals surface area contributed by atoms with E-state index in [9.17, 15) is 20.4 Å². The van der Waals surface area contributed by atoms with E-state index in [0.29, 0.717) is 42.9 Å². The first kappa shape index (κ1) is 30.3. The second-order valence-electron chi connectivity index (χ2n) is 8.89. The fourth-order valence-corrected chi connectivity index (χ4v) is 7.22. The van der Waals surface area contributed by atoms with Gasteiger partial charge in [-0.05, 0) is 30.3 Å². The maximum Gasteiger partial charge on any atom is 0.266 e. The number of benzene rings is 2. The third-order valence-electron chi connectivity index (χ3n) is 6.37. The van der Waals surface area contributed by atoms with E-state index >= 15 is 0 Å². The first-order chi connectivity index (χ1) is 18.9. The van der Waals surface area contributed by atoms with Gasteiger partial charge >= 0.3 is 0 Å². The van der Waals surface area contributed by atoms with Gasteiger partial charge in [0.05, 0.1) is 43.2 Å². The summed E-state index contributed by atoms with van der Waals surface area (Å²) in [6.45, 7) is 5.93.